The second kappa shape index (κ2) is 6.06. The number of rotatable bonds is 2. The molecule has 0 unspecified atom stereocenters. The molecule has 8 heteroatoms. The van der Waals surface area contributed by atoms with E-state index in [9.17, 15) is 13.6 Å². The molecule has 5 nitrogen and oxygen atoms in total. The minimum Gasteiger partial charge on any atom is -0.360 e. The number of halogens is 2. The Bertz CT molecular complexity index is 1030. The molecule has 2 aromatic rings. The number of thiocarbonyl (C=S) groups is 1. The van der Waals surface area contributed by atoms with Crippen LogP contribution < -0.4 is 9.80 Å². The van der Waals surface area contributed by atoms with Crippen LogP contribution in [0.3, 0.4) is 0 Å². The molecule has 1 aliphatic carbocycles. The maximum atomic E-state index is 14.5. The van der Waals surface area contributed by atoms with Gasteiger partial charge in [-0.3, -0.25) is 9.69 Å². The molecule has 2 aliphatic rings. The van der Waals surface area contributed by atoms with E-state index >= 15 is 0 Å². The Morgan fingerprint density at radius 2 is 2.04 bits per heavy atom. The number of benzene rings is 1. The fourth-order valence-corrected chi connectivity index (χ4v) is 4.10. The number of anilines is 2. The molecule has 136 valence electrons. The zero-order valence-corrected chi connectivity index (χ0v) is 15.2. The van der Waals surface area contributed by atoms with Crippen molar-refractivity contribution < 1.29 is 13.6 Å². The number of hydrogen-bond donors (Lipinski definition) is 0. The molecule has 1 aromatic carbocycles. The van der Waals surface area contributed by atoms with E-state index in [1.54, 1.807) is 13.0 Å². The molecule has 2 heterocycles. The summed E-state index contributed by atoms with van der Waals surface area (Å²) in [5, 5.41) is 0.127. The number of hydrogen-bond acceptors (Lipinski definition) is 3. The van der Waals surface area contributed by atoms with Gasteiger partial charge in [-0.05, 0) is 62.2 Å². The molecule has 0 radical (unpaired) electrons. The summed E-state index contributed by atoms with van der Waals surface area (Å²) >= 11 is 5.53. The van der Waals surface area contributed by atoms with Gasteiger partial charge in [0.25, 0.3) is 11.7 Å². The summed E-state index contributed by atoms with van der Waals surface area (Å²) in [7, 11) is 0. The normalized spacial score (nSPS) is 18.0. The molecule has 2 fully saturated rings. The summed E-state index contributed by atoms with van der Waals surface area (Å²) in [4.78, 5) is 23.5. The number of nitrogens with zero attached hydrogens (tertiary/aromatic N) is 4. The summed E-state index contributed by atoms with van der Waals surface area (Å²) in [6.45, 7) is 8.83. The minimum absolute atomic E-state index is 0.0828. The first kappa shape index (κ1) is 17.5. The molecule has 4 rings (SSSR count). The molecule has 1 saturated heterocycles. The van der Waals surface area contributed by atoms with Crippen LogP contribution in [0.25, 0.3) is 4.85 Å². The average Bonchev–Trinajstić information content (AvgIpc) is 2.82. The van der Waals surface area contributed by atoms with E-state index in [-0.39, 0.29) is 22.5 Å². The molecule has 1 spiro atoms. The summed E-state index contributed by atoms with van der Waals surface area (Å²) in [6, 6.07) is 4.91. The lowest BCUT2D eigenvalue weighted by molar-refractivity contribution is -0.123. The van der Waals surface area contributed by atoms with Crippen LogP contribution in [-0.4, -0.2) is 21.5 Å². The van der Waals surface area contributed by atoms with Crippen LogP contribution in [0.4, 0.5) is 26.0 Å². The quantitative estimate of drug-likeness (QED) is 0.572. The molecule has 1 amide bonds. The van der Waals surface area contributed by atoms with Crippen molar-refractivity contribution in [3.8, 4) is 0 Å². The number of aromatic nitrogens is 1. The number of pyridine rings is 1. The monoisotopic (exact) mass is 384 g/mol. The predicted molar refractivity (Wildman–Crippen MR) is 101 cm³/mol. The standard InChI is InChI=1S/C19H14F2N4OS/c1-11-8-13(10-23-16(11)22-2)24-17(26)19(6-3-7-19)25(18(24)27)15-5-4-12(20)9-14(15)21/h4-5,8-10H,3,6-7H2,1H3. The highest BCUT2D eigenvalue weighted by Gasteiger charge is 2.60. The van der Waals surface area contributed by atoms with Gasteiger partial charge in [-0.15, -0.1) is 4.98 Å². The van der Waals surface area contributed by atoms with Crippen molar-refractivity contribution in [2.45, 2.75) is 31.7 Å². The number of carbonyl (C=O) groups excluding carboxylic acids is 1. The molecule has 1 saturated carbocycles. The smallest absolute Gasteiger partial charge is 0.272 e. The third-order valence-corrected chi connectivity index (χ3v) is 5.51. The Hall–Kier alpha value is -2.92. The molecule has 0 bridgehead atoms. The van der Waals surface area contributed by atoms with Crippen molar-refractivity contribution in [2.75, 3.05) is 9.80 Å². The van der Waals surface area contributed by atoms with Crippen LogP contribution in [0.2, 0.25) is 0 Å². The van der Waals surface area contributed by atoms with Crippen LogP contribution in [0.5, 0.6) is 0 Å². The molecular formula is C19H14F2N4OS. The van der Waals surface area contributed by atoms with Crippen molar-refractivity contribution in [1.82, 2.24) is 4.98 Å². The molecule has 27 heavy (non-hydrogen) atoms. The van der Waals surface area contributed by atoms with Gasteiger partial charge < -0.3 is 9.74 Å². The maximum Gasteiger partial charge on any atom is 0.272 e. The second-order valence-corrected chi connectivity index (χ2v) is 7.05. The Kier molecular flexibility index (Phi) is 3.93. The van der Waals surface area contributed by atoms with E-state index in [0.717, 1.165) is 18.6 Å². The fourth-order valence-electron chi connectivity index (χ4n) is 3.64. The highest BCUT2D eigenvalue weighted by Crippen LogP contribution is 2.48. The van der Waals surface area contributed by atoms with Crippen LogP contribution in [0, 0.1) is 25.1 Å². The average molecular weight is 384 g/mol. The highest BCUT2D eigenvalue weighted by atomic mass is 32.1. The lowest BCUT2D eigenvalue weighted by atomic mass is 9.75. The van der Waals surface area contributed by atoms with E-state index in [0.29, 0.717) is 24.1 Å². The first-order valence-electron chi connectivity index (χ1n) is 8.37. The number of carbonyl (C=O) groups is 1. The lowest BCUT2D eigenvalue weighted by Crippen LogP contribution is -2.55. The van der Waals surface area contributed by atoms with Gasteiger partial charge in [-0.1, -0.05) is 6.57 Å². The van der Waals surface area contributed by atoms with Gasteiger partial charge in [-0.2, -0.15) is 0 Å². The summed E-state index contributed by atoms with van der Waals surface area (Å²) in [5.41, 5.74) is 0.181. The van der Waals surface area contributed by atoms with Crippen molar-refractivity contribution in [2.24, 2.45) is 0 Å². The van der Waals surface area contributed by atoms with Gasteiger partial charge in [0.2, 0.25) is 0 Å². The molecule has 1 aromatic heterocycles. The van der Waals surface area contributed by atoms with E-state index in [4.69, 9.17) is 18.8 Å². The Morgan fingerprint density at radius 3 is 2.59 bits per heavy atom. The maximum absolute atomic E-state index is 14.5. The lowest BCUT2D eigenvalue weighted by Gasteiger charge is -2.43. The van der Waals surface area contributed by atoms with Crippen LogP contribution in [0.1, 0.15) is 24.8 Å². The van der Waals surface area contributed by atoms with Gasteiger partial charge >= 0.3 is 0 Å². The van der Waals surface area contributed by atoms with Crippen LogP contribution in [0.15, 0.2) is 30.5 Å². The molecule has 0 N–H and O–H groups in total. The Balaban J connectivity index is 1.83. The molecule has 0 atom stereocenters. The van der Waals surface area contributed by atoms with Crippen LogP contribution >= 0.6 is 12.2 Å². The number of amides is 1. The first-order chi connectivity index (χ1) is 12.9. The van der Waals surface area contributed by atoms with Crippen molar-refractivity contribution >= 4 is 40.4 Å². The van der Waals surface area contributed by atoms with E-state index in [1.807, 2.05) is 0 Å². The van der Waals surface area contributed by atoms with Crippen LogP contribution in [-0.2, 0) is 4.79 Å². The number of aryl methyl sites for hydroxylation is 1. The third-order valence-electron chi connectivity index (χ3n) is 5.14. The Morgan fingerprint density at radius 1 is 1.30 bits per heavy atom. The van der Waals surface area contributed by atoms with Gasteiger partial charge in [0.05, 0.1) is 11.4 Å². The fraction of sp³-hybridized carbons (Fsp3) is 0.263. The van der Waals surface area contributed by atoms with Gasteiger partial charge in [0.15, 0.2) is 5.11 Å². The van der Waals surface area contributed by atoms with E-state index in [2.05, 4.69) is 9.83 Å². The van der Waals surface area contributed by atoms with Crippen molar-refractivity contribution in [3.63, 3.8) is 0 Å². The van der Waals surface area contributed by atoms with Gasteiger partial charge in [-0.25, -0.2) is 8.78 Å². The third kappa shape index (κ3) is 2.42. The topological polar surface area (TPSA) is 40.8 Å². The summed E-state index contributed by atoms with van der Waals surface area (Å²) in [5.74, 6) is -1.46. The first-order valence-corrected chi connectivity index (χ1v) is 8.78. The van der Waals surface area contributed by atoms with Crippen molar-refractivity contribution in [3.05, 3.63) is 59.1 Å². The largest absolute Gasteiger partial charge is 0.360 e. The predicted octanol–water partition coefficient (Wildman–Crippen LogP) is 4.28. The van der Waals surface area contributed by atoms with E-state index in [1.165, 1.54) is 22.1 Å². The summed E-state index contributed by atoms with van der Waals surface area (Å²) in [6.07, 6.45) is 3.30. The SMILES string of the molecule is [C-]#[N+]c1ncc(N2C(=O)C3(CCC3)N(c3ccc(F)cc3F)C2=S)cc1C. The van der Waals surface area contributed by atoms with E-state index < -0.39 is 17.2 Å². The van der Waals surface area contributed by atoms with Gasteiger partial charge in [0, 0.05) is 6.07 Å². The highest BCUT2D eigenvalue weighted by molar-refractivity contribution is 7.81. The van der Waals surface area contributed by atoms with Gasteiger partial charge in [0.1, 0.15) is 23.4 Å². The zero-order valence-electron chi connectivity index (χ0n) is 14.4. The Labute approximate surface area is 160 Å². The molecular weight excluding hydrogens is 370 g/mol. The minimum atomic E-state index is -0.956. The zero-order chi connectivity index (χ0) is 19.3. The second-order valence-electron chi connectivity index (χ2n) is 6.69. The summed E-state index contributed by atoms with van der Waals surface area (Å²) < 4.78 is 27.8. The van der Waals surface area contributed by atoms with Crippen molar-refractivity contribution in [1.29, 1.82) is 0 Å². The molecule has 1 aliphatic heterocycles.